The summed E-state index contributed by atoms with van der Waals surface area (Å²) in [6.07, 6.45) is 0.241. The van der Waals surface area contributed by atoms with Crippen molar-refractivity contribution in [3.63, 3.8) is 0 Å². The van der Waals surface area contributed by atoms with E-state index in [1.54, 1.807) is 64.7 Å². The molecule has 134 valence electrons. The third kappa shape index (κ3) is 4.15. The maximum Gasteiger partial charge on any atom is 0.231 e. The molecule has 0 radical (unpaired) electrons. The lowest BCUT2D eigenvalue weighted by atomic mass is 10.1. The summed E-state index contributed by atoms with van der Waals surface area (Å²) in [7, 11) is 8.01. The Morgan fingerprint density at radius 2 is 1.32 bits per heavy atom. The quantitative estimate of drug-likeness (QED) is 0.772. The molecular weight excluding hydrogens is 322 g/mol. The maximum atomic E-state index is 12.6. The van der Waals surface area contributed by atoms with Crippen LogP contribution in [0.5, 0.6) is 23.0 Å². The molecule has 2 aromatic rings. The number of anilines is 1. The monoisotopic (exact) mass is 345 g/mol. The Labute approximate surface area is 147 Å². The third-order valence-electron chi connectivity index (χ3n) is 3.93. The highest BCUT2D eigenvalue weighted by molar-refractivity contribution is 5.94. The van der Waals surface area contributed by atoms with Gasteiger partial charge in [-0.15, -0.1) is 0 Å². The number of amides is 1. The molecule has 2 rings (SSSR count). The van der Waals surface area contributed by atoms with E-state index in [0.717, 1.165) is 11.3 Å². The summed E-state index contributed by atoms with van der Waals surface area (Å²) in [5.74, 6) is 2.37. The van der Waals surface area contributed by atoms with Crippen LogP contribution < -0.4 is 23.8 Å². The highest BCUT2D eigenvalue weighted by atomic mass is 16.5. The van der Waals surface area contributed by atoms with Gasteiger partial charge in [-0.25, -0.2) is 0 Å². The van der Waals surface area contributed by atoms with Crippen LogP contribution in [0.3, 0.4) is 0 Å². The minimum Gasteiger partial charge on any atom is -0.493 e. The van der Waals surface area contributed by atoms with E-state index in [1.807, 2.05) is 12.1 Å². The first-order valence-electron chi connectivity index (χ1n) is 7.73. The molecule has 25 heavy (non-hydrogen) atoms. The number of nitrogens with zero attached hydrogens (tertiary/aromatic N) is 1. The lowest BCUT2D eigenvalue weighted by molar-refractivity contribution is -0.117. The van der Waals surface area contributed by atoms with E-state index in [4.69, 9.17) is 18.9 Å². The second-order valence-corrected chi connectivity index (χ2v) is 5.36. The molecule has 0 bridgehead atoms. The first kappa shape index (κ1) is 18.4. The molecule has 0 aliphatic carbocycles. The van der Waals surface area contributed by atoms with E-state index in [9.17, 15) is 4.79 Å². The van der Waals surface area contributed by atoms with Gasteiger partial charge < -0.3 is 23.8 Å². The van der Waals surface area contributed by atoms with Gasteiger partial charge in [-0.2, -0.15) is 0 Å². The van der Waals surface area contributed by atoms with Gasteiger partial charge >= 0.3 is 0 Å². The van der Waals surface area contributed by atoms with Crippen molar-refractivity contribution in [3.8, 4) is 23.0 Å². The molecule has 1 amide bonds. The SMILES string of the molecule is COc1ccc(CC(=O)N(C)c2ccc(OC)c(OC)c2)cc1OC. The molecule has 6 nitrogen and oxygen atoms in total. The van der Waals surface area contributed by atoms with E-state index in [1.165, 1.54) is 0 Å². The fraction of sp³-hybridized carbons (Fsp3) is 0.316. The first-order valence-corrected chi connectivity index (χ1v) is 7.73. The second kappa shape index (κ2) is 8.28. The fourth-order valence-corrected chi connectivity index (χ4v) is 2.46. The highest BCUT2D eigenvalue weighted by Gasteiger charge is 2.15. The zero-order chi connectivity index (χ0) is 18.4. The van der Waals surface area contributed by atoms with Gasteiger partial charge in [0.1, 0.15) is 0 Å². The Morgan fingerprint density at radius 3 is 1.88 bits per heavy atom. The number of hydrogen-bond donors (Lipinski definition) is 0. The molecule has 0 fully saturated rings. The molecule has 0 spiro atoms. The van der Waals surface area contributed by atoms with Crippen molar-refractivity contribution in [1.82, 2.24) is 0 Å². The standard InChI is InChI=1S/C19H23NO5/c1-20(14-7-9-16(23-3)18(12-14)25-5)19(21)11-13-6-8-15(22-2)17(10-13)24-4/h6-10,12H,11H2,1-5H3. The second-order valence-electron chi connectivity index (χ2n) is 5.36. The molecule has 2 aromatic carbocycles. The number of rotatable bonds is 7. The largest absolute Gasteiger partial charge is 0.493 e. The molecule has 0 atom stereocenters. The summed E-state index contributed by atoms with van der Waals surface area (Å²) >= 11 is 0. The Bertz CT molecular complexity index is 745. The zero-order valence-electron chi connectivity index (χ0n) is 15.2. The van der Waals surface area contributed by atoms with Gasteiger partial charge in [-0.05, 0) is 29.8 Å². The lowest BCUT2D eigenvalue weighted by Gasteiger charge is -2.19. The van der Waals surface area contributed by atoms with Crippen molar-refractivity contribution in [2.24, 2.45) is 0 Å². The van der Waals surface area contributed by atoms with Gasteiger partial charge in [0.25, 0.3) is 0 Å². The van der Waals surface area contributed by atoms with Crippen LogP contribution in [0.4, 0.5) is 5.69 Å². The summed E-state index contributed by atoms with van der Waals surface area (Å²) in [5, 5.41) is 0. The summed E-state index contributed by atoms with van der Waals surface area (Å²) < 4.78 is 21.0. The summed E-state index contributed by atoms with van der Waals surface area (Å²) in [6, 6.07) is 10.8. The molecule has 0 saturated heterocycles. The van der Waals surface area contributed by atoms with Crippen LogP contribution in [-0.4, -0.2) is 41.4 Å². The van der Waals surface area contributed by atoms with Crippen molar-refractivity contribution >= 4 is 11.6 Å². The Hall–Kier alpha value is -2.89. The maximum absolute atomic E-state index is 12.6. The average Bonchev–Trinajstić information content (AvgIpc) is 2.66. The topological polar surface area (TPSA) is 57.2 Å². The van der Waals surface area contributed by atoms with Crippen LogP contribution in [0.15, 0.2) is 36.4 Å². The number of hydrogen-bond acceptors (Lipinski definition) is 5. The van der Waals surface area contributed by atoms with Crippen LogP contribution in [0.1, 0.15) is 5.56 Å². The van der Waals surface area contributed by atoms with E-state index >= 15 is 0 Å². The van der Waals surface area contributed by atoms with Gasteiger partial charge in [0.05, 0.1) is 34.9 Å². The average molecular weight is 345 g/mol. The predicted molar refractivity (Wildman–Crippen MR) is 96.2 cm³/mol. The predicted octanol–water partition coefficient (Wildman–Crippen LogP) is 2.93. The van der Waals surface area contributed by atoms with Gasteiger partial charge in [-0.1, -0.05) is 6.07 Å². The summed E-state index contributed by atoms with van der Waals surface area (Å²) in [4.78, 5) is 14.2. The van der Waals surface area contributed by atoms with Crippen LogP contribution in [0.2, 0.25) is 0 Å². The lowest BCUT2D eigenvalue weighted by Crippen LogP contribution is -2.27. The molecular formula is C19H23NO5. The normalized spacial score (nSPS) is 10.1. The molecule has 0 aliphatic rings. The number of methoxy groups -OCH3 is 4. The molecule has 0 aromatic heterocycles. The minimum atomic E-state index is -0.0561. The number of likely N-dealkylation sites (N-methyl/N-ethyl adjacent to an activating group) is 1. The summed E-state index contributed by atoms with van der Waals surface area (Å²) in [5.41, 5.74) is 1.57. The van der Waals surface area contributed by atoms with E-state index in [2.05, 4.69) is 0 Å². The molecule has 0 heterocycles. The van der Waals surface area contributed by atoms with E-state index < -0.39 is 0 Å². The molecule has 0 unspecified atom stereocenters. The number of benzene rings is 2. The van der Waals surface area contributed by atoms with Crippen LogP contribution in [-0.2, 0) is 11.2 Å². The summed E-state index contributed by atoms with van der Waals surface area (Å²) in [6.45, 7) is 0. The number of carbonyl (C=O) groups excluding carboxylic acids is 1. The molecule has 6 heteroatoms. The Kier molecular flexibility index (Phi) is 6.11. The molecule has 0 saturated carbocycles. The van der Waals surface area contributed by atoms with Gasteiger partial charge in [0, 0.05) is 18.8 Å². The fourth-order valence-electron chi connectivity index (χ4n) is 2.46. The van der Waals surface area contributed by atoms with E-state index in [0.29, 0.717) is 23.0 Å². The smallest absolute Gasteiger partial charge is 0.231 e. The van der Waals surface area contributed by atoms with Gasteiger partial charge in [0.15, 0.2) is 23.0 Å². The number of carbonyl (C=O) groups is 1. The van der Waals surface area contributed by atoms with Crippen molar-refractivity contribution < 1.29 is 23.7 Å². The highest BCUT2D eigenvalue weighted by Crippen LogP contribution is 2.32. The minimum absolute atomic E-state index is 0.0561. The van der Waals surface area contributed by atoms with Crippen molar-refractivity contribution in [1.29, 1.82) is 0 Å². The third-order valence-corrected chi connectivity index (χ3v) is 3.93. The van der Waals surface area contributed by atoms with Gasteiger partial charge in [0.2, 0.25) is 5.91 Å². The zero-order valence-corrected chi connectivity index (χ0v) is 15.2. The number of ether oxygens (including phenoxy) is 4. The van der Waals surface area contributed by atoms with Crippen molar-refractivity contribution in [3.05, 3.63) is 42.0 Å². The van der Waals surface area contributed by atoms with Crippen LogP contribution in [0, 0.1) is 0 Å². The van der Waals surface area contributed by atoms with Crippen LogP contribution in [0.25, 0.3) is 0 Å². The Balaban J connectivity index is 2.18. The molecule has 0 aliphatic heterocycles. The van der Waals surface area contributed by atoms with Gasteiger partial charge in [-0.3, -0.25) is 4.79 Å². The van der Waals surface area contributed by atoms with E-state index in [-0.39, 0.29) is 12.3 Å². The van der Waals surface area contributed by atoms with Crippen molar-refractivity contribution in [2.75, 3.05) is 40.4 Å². The first-order chi connectivity index (χ1) is 12.0. The van der Waals surface area contributed by atoms with Crippen molar-refractivity contribution in [2.45, 2.75) is 6.42 Å². The molecule has 0 N–H and O–H groups in total. The van der Waals surface area contributed by atoms with Crippen LogP contribution >= 0.6 is 0 Å². The Morgan fingerprint density at radius 1 is 0.800 bits per heavy atom.